The zero-order valence-electron chi connectivity index (χ0n) is 12.7. The molecule has 0 aliphatic carbocycles. The number of benzene rings is 1. The van der Waals surface area contributed by atoms with Crippen LogP contribution in [-0.4, -0.2) is 11.1 Å². The van der Waals surface area contributed by atoms with Crippen LogP contribution < -0.4 is 11.2 Å². The fourth-order valence-corrected chi connectivity index (χ4v) is 1.63. The summed E-state index contributed by atoms with van der Waals surface area (Å²) in [6.45, 7) is 8.49. The third kappa shape index (κ3) is 7.32. The molecule has 1 rings (SSSR count). The van der Waals surface area contributed by atoms with Crippen molar-refractivity contribution in [3.8, 4) is 0 Å². The van der Waals surface area contributed by atoms with Crippen molar-refractivity contribution in [1.82, 2.24) is 10.4 Å². The minimum atomic E-state index is -0.222. The Kier molecular flexibility index (Phi) is 7.26. The molecular formula is C17H24FN3. The van der Waals surface area contributed by atoms with E-state index in [1.54, 1.807) is 18.2 Å². The first-order valence-corrected chi connectivity index (χ1v) is 7.07. The summed E-state index contributed by atoms with van der Waals surface area (Å²) >= 11 is 0. The molecule has 0 saturated carbocycles. The summed E-state index contributed by atoms with van der Waals surface area (Å²) in [7, 11) is 0. The van der Waals surface area contributed by atoms with Crippen molar-refractivity contribution in [3.63, 3.8) is 0 Å². The normalized spacial score (nSPS) is 12.9. The second kappa shape index (κ2) is 8.97. The number of allylic oxidation sites excluding steroid dienone is 3. The van der Waals surface area contributed by atoms with Gasteiger partial charge >= 0.3 is 0 Å². The molecule has 0 saturated heterocycles. The van der Waals surface area contributed by atoms with Crippen LogP contribution in [0.1, 0.15) is 25.8 Å². The molecule has 3 N–H and O–H groups in total. The number of hydrogen-bond donors (Lipinski definition) is 2. The fourth-order valence-electron chi connectivity index (χ4n) is 1.63. The highest BCUT2D eigenvalue weighted by Crippen LogP contribution is 2.07. The molecule has 1 atom stereocenters. The number of hydrazine groups is 1. The van der Waals surface area contributed by atoms with Gasteiger partial charge in [0, 0.05) is 17.9 Å². The largest absolute Gasteiger partial charge is 0.399 e. The van der Waals surface area contributed by atoms with Gasteiger partial charge in [-0.1, -0.05) is 31.7 Å². The van der Waals surface area contributed by atoms with Crippen molar-refractivity contribution in [2.75, 3.05) is 0 Å². The van der Waals surface area contributed by atoms with Crippen LogP contribution in [0.5, 0.6) is 0 Å². The highest BCUT2D eigenvalue weighted by molar-refractivity contribution is 5.18. The number of nitrogens with zero attached hydrogens (tertiary/aromatic N) is 1. The molecule has 0 bridgehead atoms. The van der Waals surface area contributed by atoms with E-state index in [-0.39, 0.29) is 5.82 Å². The Labute approximate surface area is 126 Å². The molecule has 0 spiro atoms. The van der Waals surface area contributed by atoms with E-state index in [2.05, 4.69) is 25.9 Å². The fraction of sp³-hybridized carbons (Fsp3) is 0.294. The first-order valence-electron chi connectivity index (χ1n) is 7.07. The highest BCUT2D eigenvalue weighted by Gasteiger charge is 2.04. The van der Waals surface area contributed by atoms with E-state index in [0.29, 0.717) is 18.3 Å². The van der Waals surface area contributed by atoms with Gasteiger partial charge in [-0.15, -0.1) is 0 Å². The molecule has 0 aromatic heterocycles. The first kappa shape index (κ1) is 17.0. The summed E-state index contributed by atoms with van der Waals surface area (Å²) in [6.07, 6.45) is 8.39. The van der Waals surface area contributed by atoms with Gasteiger partial charge in [0.25, 0.3) is 0 Å². The van der Waals surface area contributed by atoms with Crippen molar-refractivity contribution < 1.29 is 4.39 Å². The van der Waals surface area contributed by atoms with Crippen LogP contribution in [-0.2, 0) is 6.54 Å². The monoisotopic (exact) mass is 289 g/mol. The molecule has 21 heavy (non-hydrogen) atoms. The van der Waals surface area contributed by atoms with Crippen LogP contribution in [0.4, 0.5) is 4.39 Å². The Hall–Kier alpha value is -2.07. The lowest BCUT2D eigenvalue weighted by Crippen LogP contribution is -2.39. The average Bonchev–Trinajstić information content (AvgIpc) is 2.45. The molecule has 0 heterocycles. The molecule has 0 fully saturated rings. The van der Waals surface area contributed by atoms with Gasteiger partial charge in [0.1, 0.15) is 5.82 Å². The van der Waals surface area contributed by atoms with Crippen LogP contribution in [0.3, 0.4) is 0 Å². The van der Waals surface area contributed by atoms with Gasteiger partial charge in [0.15, 0.2) is 0 Å². The number of nitrogens with one attached hydrogen (secondary N) is 1. The van der Waals surface area contributed by atoms with Gasteiger partial charge in [-0.25, -0.2) is 9.82 Å². The highest BCUT2D eigenvalue weighted by atomic mass is 19.1. The summed E-state index contributed by atoms with van der Waals surface area (Å²) in [6, 6.07) is 6.86. The van der Waals surface area contributed by atoms with Crippen molar-refractivity contribution >= 4 is 0 Å². The van der Waals surface area contributed by atoms with Crippen LogP contribution in [0.15, 0.2) is 61.0 Å². The van der Waals surface area contributed by atoms with E-state index in [1.807, 2.05) is 23.4 Å². The Morgan fingerprint density at radius 1 is 1.38 bits per heavy atom. The molecule has 0 radical (unpaired) electrons. The Balaban J connectivity index is 2.71. The molecular weight excluding hydrogens is 265 g/mol. The van der Waals surface area contributed by atoms with Crippen molar-refractivity contribution in [1.29, 1.82) is 0 Å². The standard InChI is InChI=1S/C17H24FN3/c1-4-15(3)20-21(12-6-5-7-14(2)19)13-16-8-10-17(18)11-9-16/h5-12,15,20H,2,4,13,19H2,1,3H3/b7-5-,12-6-. The van der Waals surface area contributed by atoms with Crippen molar-refractivity contribution in [2.45, 2.75) is 32.9 Å². The van der Waals surface area contributed by atoms with Gasteiger partial charge in [0.2, 0.25) is 0 Å². The van der Waals surface area contributed by atoms with Crippen LogP contribution in [0.25, 0.3) is 0 Å². The maximum Gasteiger partial charge on any atom is 0.123 e. The molecule has 0 aliphatic rings. The summed E-state index contributed by atoms with van der Waals surface area (Å²) in [5, 5.41) is 1.98. The molecule has 4 heteroatoms. The third-order valence-electron chi connectivity index (χ3n) is 2.95. The van der Waals surface area contributed by atoms with Gasteiger partial charge in [-0.2, -0.15) is 0 Å². The molecule has 1 unspecified atom stereocenters. The third-order valence-corrected chi connectivity index (χ3v) is 2.95. The topological polar surface area (TPSA) is 41.3 Å². The molecule has 3 nitrogen and oxygen atoms in total. The number of hydrogen-bond acceptors (Lipinski definition) is 3. The first-order chi connectivity index (χ1) is 10.0. The van der Waals surface area contributed by atoms with Crippen molar-refractivity contribution in [2.24, 2.45) is 5.73 Å². The van der Waals surface area contributed by atoms with Crippen LogP contribution >= 0.6 is 0 Å². The lowest BCUT2D eigenvalue weighted by atomic mass is 10.2. The van der Waals surface area contributed by atoms with Crippen LogP contribution in [0, 0.1) is 5.82 Å². The zero-order valence-corrected chi connectivity index (χ0v) is 12.7. The Bertz CT molecular complexity index is 491. The van der Waals surface area contributed by atoms with E-state index in [0.717, 1.165) is 12.0 Å². The summed E-state index contributed by atoms with van der Waals surface area (Å²) in [5.41, 5.74) is 10.4. The second-order valence-corrected chi connectivity index (χ2v) is 4.97. The number of halogens is 1. The van der Waals surface area contributed by atoms with E-state index in [4.69, 9.17) is 5.73 Å². The Morgan fingerprint density at radius 2 is 2.05 bits per heavy atom. The second-order valence-electron chi connectivity index (χ2n) is 4.97. The summed E-state index contributed by atoms with van der Waals surface area (Å²) in [5.74, 6) is -0.222. The lowest BCUT2D eigenvalue weighted by molar-refractivity contribution is 0.224. The smallest absolute Gasteiger partial charge is 0.123 e. The molecule has 114 valence electrons. The van der Waals surface area contributed by atoms with E-state index in [1.165, 1.54) is 12.1 Å². The SMILES string of the molecule is C=C(N)/C=C\C=C/N(Cc1ccc(F)cc1)NC(C)CC. The zero-order chi connectivity index (χ0) is 15.7. The molecule has 0 amide bonds. The Morgan fingerprint density at radius 3 is 2.62 bits per heavy atom. The number of nitrogens with two attached hydrogens (primary N) is 1. The predicted octanol–water partition coefficient (Wildman–Crippen LogP) is 3.47. The summed E-state index contributed by atoms with van der Waals surface area (Å²) in [4.78, 5) is 0. The van der Waals surface area contributed by atoms with Crippen molar-refractivity contribution in [3.05, 3.63) is 72.4 Å². The quantitative estimate of drug-likeness (QED) is 0.569. The lowest BCUT2D eigenvalue weighted by Gasteiger charge is -2.25. The predicted molar refractivity (Wildman–Crippen MR) is 86.4 cm³/mol. The minimum absolute atomic E-state index is 0.222. The molecule has 1 aromatic rings. The van der Waals surface area contributed by atoms with Gasteiger partial charge in [0.05, 0.1) is 6.54 Å². The van der Waals surface area contributed by atoms with E-state index in [9.17, 15) is 4.39 Å². The average molecular weight is 289 g/mol. The van der Waals surface area contributed by atoms with E-state index >= 15 is 0 Å². The number of rotatable bonds is 8. The summed E-state index contributed by atoms with van der Waals surface area (Å²) < 4.78 is 12.9. The maximum absolute atomic E-state index is 12.9. The molecule has 1 aromatic carbocycles. The van der Waals surface area contributed by atoms with E-state index < -0.39 is 0 Å². The maximum atomic E-state index is 12.9. The van der Waals surface area contributed by atoms with Gasteiger partial charge < -0.3 is 10.7 Å². The minimum Gasteiger partial charge on any atom is -0.399 e. The van der Waals surface area contributed by atoms with Crippen LogP contribution in [0.2, 0.25) is 0 Å². The van der Waals surface area contributed by atoms with Gasteiger partial charge in [-0.3, -0.25) is 0 Å². The molecule has 0 aliphatic heterocycles. The van der Waals surface area contributed by atoms with Gasteiger partial charge in [-0.05, 0) is 43.2 Å².